The van der Waals surface area contributed by atoms with Crippen LogP contribution in [0, 0.1) is 11.7 Å². The Hall–Kier alpha value is -2.11. The second-order valence-electron chi connectivity index (χ2n) is 4.84. The van der Waals surface area contributed by atoms with Gasteiger partial charge in [-0.05, 0) is 18.1 Å². The van der Waals surface area contributed by atoms with E-state index in [4.69, 9.17) is 5.11 Å². The van der Waals surface area contributed by atoms with Gasteiger partial charge in [-0.25, -0.2) is 9.18 Å². The second-order valence-corrected chi connectivity index (χ2v) is 4.84. The number of anilines is 1. The lowest BCUT2D eigenvalue weighted by Gasteiger charge is -2.11. The highest BCUT2D eigenvalue weighted by Gasteiger charge is 2.14. The van der Waals surface area contributed by atoms with Crippen LogP contribution in [0.2, 0.25) is 0 Å². The van der Waals surface area contributed by atoms with Crippen molar-refractivity contribution >= 4 is 17.6 Å². The Morgan fingerprint density at radius 2 is 2.05 bits per heavy atom. The quantitative estimate of drug-likeness (QED) is 0.715. The number of halogens is 1. The topological polar surface area (TPSA) is 78.4 Å². The molecule has 1 rings (SSSR count). The molecule has 0 saturated heterocycles. The van der Waals surface area contributed by atoms with Crippen molar-refractivity contribution in [3.63, 3.8) is 0 Å². The van der Waals surface area contributed by atoms with Crippen LogP contribution in [0.5, 0.6) is 0 Å². The van der Waals surface area contributed by atoms with Crippen LogP contribution < -0.4 is 10.6 Å². The first-order chi connectivity index (χ1) is 9.41. The van der Waals surface area contributed by atoms with Gasteiger partial charge in [-0.2, -0.15) is 0 Å². The van der Waals surface area contributed by atoms with Crippen LogP contribution >= 0.6 is 0 Å². The van der Waals surface area contributed by atoms with E-state index in [-0.39, 0.29) is 30.1 Å². The van der Waals surface area contributed by atoms with E-state index in [1.165, 1.54) is 18.2 Å². The summed E-state index contributed by atoms with van der Waals surface area (Å²) in [6, 6.07) is 3.82. The highest BCUT2D eigenvalue weighted by atomic mass is 19.1. The van der Waals surface area contributed by atoms with Crippen molar-refractivity contribution in [2.75, 3.05) is 18.4 Å². The zero-order valence-electron chi connectivity index (χ0n) is 11.6. The molecular weight excluding hydrogens is 263 g/mol. The predicted octanol–water partition coefficient (Wildman–Crippen LogP) is 2.10. The van der Waals surface area contributed by atoms with E-state index in [0.717, 1.165) is 0 Å². The molecule has 20 heavy (non-hydrogen) atoms. The minimum atomic E-state index is -1.21. The van der Waals surface area contributed by atoms with Gasteiger partial charge < -0.3 is 15.7 Å². The van der Waals surface area contributed by atoms with Gasteiger partial charge in [-0.15, -0.1) is 0 Å². The van der Waals surface area contributed by atoms with Gasteiger partial charge in [0, 0.05) is 19.5 Å². The van der Waals surface area contributed by atoms with Gasteiger partial charge in [-0.3, -0.25) is 4.79 Å². The minimum Gasteiger partial charge on any atom is -0.478 e. The molecule has 0 saturated carbocycles. The van der Waals surface area contributed by atoms with Crippen LogP contribution in [-0.4, -0.2) is 30.1 Å². The molecule has 0 aromatic heterocycles. The number of rotatable bonds is 7. The zero-order chi connectivity index (χ0) is 15.1. The largest absolute Gasteiger partial charge is 0.478 e. The Morgan fingerprint density at radius 3 is 2.65 bits per heavy atom. The lowest BCUT2D eigenvalue weighted by Crippen LogP contribution is -2.28. The van der Waals surface area contributed by atoms with E-state index >= 15 is 0 Å². The van der Waals surface area contributed by atoms with E-state index in [9.17, 15) is 14.0 Å². The van der Waals surface area contributed by atoms with Gasteiger partial charge >= 0.3 is 5.97 Å². The Balaban J connectivity index is 2.54. The summed E-state index contributed by atoms with van der Waals surface area (Å²) < 4.78 is 13.6. The summed E-state index contributed by atoms with van der Waals surface area (Å²) in [4.78, 5) is 22.4. The molecule has 110 valence electrons. The maximum Gasteiger partial charge on any atom is 0.337 e. The molecule has 0 aliphatic heterocycles. The van der Waals surface area contributed by atoms with Crippen molar-refractivity contribution in [1.82, 2.24) is 5.32 Å². The predicted molar refractivity (Wildman–Crippen MR) is 74.3 cm³/mol. The molecule has 0 atom stereocenters. The van der Waals surface area contributed by atoms with E-state index in [0.29, 0.717) is 12.5 Å². The molecule has 0 bridgehead atoms. The summed E-state index contributed by atoms with van der Waals surface area (Å²) in [7, 11) is 0. The van der Waals surface area contributed by atoms with E-state index in [1.54, 1.807) is 0 Å². The van der Waals surface area contributed by atoms with Crippen LogP contribution in [0.1, 0.15) is 30.6 Å². The number of hydrogen-bond acceptors (Lipinski definition) is 3. The molecule has 0 radical (unpaired) electrons. The fourth-order valence-electron chi connectivity index (χ4n) is 1.59. The fraction of sp³-hybridized carbons (Fsp3) is 0.429. The summed E-state index contributed by atoms with van der Waals surface area (Å²) in [5.41, 5.74) is -0.232. The highest BCUT2D eigenvalue weighted by molar-refractivity contribution is 5.94. The van der Waals surface area contributed by atoms with Crippen LogP contribution in [0.25, 0.3) is 0 Å². The monoisotopic (exact) mass is 282 g/mol. The lowest BCUT2D eigenvalue weighted by atomic mass is 10.1. The number of aromatic carboxylic acids is 1. The molecule has 6 heteroatoms. The second kappa shape index (κ2) is 7.47. The summed E-state index contributed by atoms with van der Waals surface area (Å²) in [6.07, 6.45) is 0.153. The third-order valence-corrected chi connectivity index (χ3v) is 2.61. The molecule has 0 unspecified atom stereocenters. The molecule has 0 heterocycles. The zero-order valence-corrected chi connectivity index (χ0v) is 11.6. The van der Waals surface area contributed by atoms with Crippen molar-refractivity contribution < 1.29 is 19.1 Å². The van der Waals surface area contributed by atoms with Gasteiger partial charge in [-0.1, -0.05) is 19.9 Å². The van der Waals surface area contributed by atoms with Crippen molar-refractivity contribution in [2.24, 2.45) is 5.92 Å². The maximum absolute atomic E-state index is 13.6. The first kappa shape index (κ1) is 15.9. The number of carboxylic acids is 1. The number of hydrogen-bond donors (Lipinski definition) is 3. The number of nitrogens with one attached hydrogen (secondary N) is 2. The Morgan fingerprint density at radius 1 is 1.35 bits per heavy atom. The summed E-state index contributed by atoms with van der Waals surface area (Å²) >= 11 is 0. The van der Waals surface area contributed by atoms with E-state index in [1.807, 2.05) is 13.8 Å². The fourth-order valence-corrected chi connectivity index (χ4v) is 1.59. The standard InChI is InChI=1S/C14H19FN2O3/c1-9(2)8-17-12(18)6-7-16-13-10(14(19)20)4-3-5-11(13)15/h3-5,9,16H,6-8H2,1-2H3,(H,17,18)(H,19,20). The van der Waals surface area contributed by atoms with E-state index < -0.39 is 11.8 Å². The molecule has 1 aromatic rings. The number of benzene rings is 1. The van der Waals surface area contributed by atoms with Crippen LogP contribution in [0.3, 0.4) is 0 Å². The Labute approximate surface area is 117 Å². The summed E-state index contributed by atoms with van der Waals surface area (Å²) in [5.74, 6) is -1.65. The van der Waals surface area contributed by atoms with E-state index in [2.05, 4.69) is 10.6 Å². The molecule has 1 amide bonds. The molecule has 0 spiro atoms. The van der Waals surface area contributed by atoms with Gasteiger partial charge in [0.2, 0.25) is 5.91 Å². The van der Waals surface area contributed by atoms with Crippen molar-refractivity contribution in [3.05, 3.63) is 29.6 Å². The molecule has 5 nitrogen and oxygen atoms in total. The van der Waals surface area contributed by atoms with Gasteiger partial charge in [0.05, 0.1) is 11.3 Å². The van der Waals surface area contributed by atoms with Crippen molar-refractivity contribution in [1.29, 1.82) is 0 Å². The SMILES string of the molecule is CC(C)CNC(=O)CCNc1c(F)cccc1C(=O)O. The van der Waals surface area contributed by atoms with Crippen LogP contribution in [0.15, 0.2) is 18.2 Å². The average molecular weight is 282 g/mol. The van der Waals surface area contributed by atoms with Crippen molar-refractivity contribution in [3.8, 4) is 0 Å². The number of carboxylic acid groups (broad SMARTS) is 1. The number of carbonyl (C=O) groups is 2. The van der Waals surface area contributed by atoms with Crippen LogP contribution in [-0.2, 0) is 4.79 Å². The lowest BCUT2D eigenvalue weighted by molar-refractivity contribution is -0.120. The highest BCUT2D eigenvalue weighted by Crippen LogP contribution is 2.19. The summed E-state index contributed by atoms with van der Waals surface area (Å²) in [5, 5.41) is 14.4. The third kappa shape index (κ3) is 4.87. The maximum atomic E-state index is 13.6. The number of carbonyl (C=O) groups excluding carboxylic acids is 1. The number of para-hydroxylation sites is 1. The molecular formula is C14H19FN2O3. The minimum absolute atomic E-state index is 0.0864. The first-order valence-corrected chi connectivity index (χ1v) is 6.44. The van der Waals surface area contributed by atoms with Crippen LogP contribution in [0.4, 0.5) is 10.1 Å². The molecule has 0 aliphatic rings. The normalized spacial score (nSPS) is 10.4. The molecule has 0 aliphatic carbocycles. The molecule has 3 N–H and O–H groups in total. The Kier molecular flexibility index (Phi) is 5.96. The van der Waals surface area contributed by atoms with Gasteiger partial charge in [0.1, 0.15) is 5.82 Å². The third-order valence-electron chi connectivity index (χ3n) is 2.61. The average Bonchev–Trinajstić information content (AvgIpc) is 2.37. The van der Waals surface area contributed by atoms with Gasteiger partial charge in [0.15, 0.2) is 0 Å². The smallest absolute Gasteiger partial charge is 0.337 e. The molecule has 1 aromatic carbocycles. The first-order valence-electron chi connectivity index (χ1n) is 6.44. The Bertz CT molecular complexity index is 489. The number of amides is 1. The van der Waals surface area contributed by atoms with Gasteiger partial charge in [0.25, 0.3) is 0 Å². The summed E-state index contributed by atoms with van der Waals surface area (Å²) in [6.45, 7) is 4.72. The molecule has 0 fully saturated rings. The van der Waals surface area contributed by atoms with Crippen molar-refractivity contribution in [2.45, 2.75) is 20.3 Å².